The van der Waals surface area contributed by atoms with Crippen molar-refractivity contribution in [2.45, 2.75) is 38.1 Å². The van der Waals surface area contributed by atoms with Crippen molar-refractivity contribution < 1.29 is 23.1 Å². The van der Waals surface area contributed by atoms with E-state index in [4.69, 9.17) is 5.26 Å². The van der Waals surface area contributed by atoms with Crippen LogP contribution in [0.1, 0.15) is 26.2 Å². The third kappa shape index (κ3) is 2.24. The minimum absolute atomic E-state index is 0.0327. The van der Waals surface area contributed by atoms with Gasteiger partial charge in [0.2, 0.25) is 0 Å². The number of alkyl halides is 3. The maximum atomic E-state index is 12.7. The van der Waals surface area contributed by atoms with Gasteiger partial charge in [0.05, 0.1) is 6.07 Å². The second-order valence-electron chi connectivity index (χ2n) is 3.55. The number of nitriles is 1. The van der Waals surface area contributed by atoms with Gasteiger partial charge >= 0.3 is 6.18 Å². The Hall–Kier alpha value is -1.62. The van der Waals surface area contributed by atoms with Crippen LogP contribution in [0.25, 0.3) is 0 Å². The van der Waals surface area contributed by atoms with Crippen LogP contribution in [-0.2, 0) is 4.79 Å². The molecule has 17 heavy (non-hydrogen) atoms. The van der Waals surface area contributed by atoms with E-state index in [1.807, 2.05) is 0 Å². The summed E-state index contributed by atoms with van der Waals surface area (Å²) in [6.45, 7) is 1.56. The summed E-state index contributed by atoms with van der Waals surface area (Å²) in [4.78, 5) is 11.3. The van der Waals surface area contributed by atoms with Crippen LogP contribution >= 0.6 is 0 Å². The Morgan fingerprint density at radius 3 is 2.71 bits per heavy atom. The summed E-state index contributed by atoms with van der Waals surface area (Å²) < 4.78 is 38.1. The highest BCUT2D eigenvalue weighted by molar-refractivity contribution is 5.91. The largest absolute Gasteiger partial charge is 0.438 e. The molecule has 0 saturated heterocycles. The lowest BCUT2D eigenvalue weighted by atomic mass is 10.1. The third-order valence-corrected chi connectivity index (χ3v) is 2.37. The Labute approximate surface area is 95.1 Å². The molecule has 8 heteroatoms. The van der Waals surface area contributed by atoms with Crippen molar-refractivity contribution in [3.63, 3.8) is 0 Å². The Kier molecular flexibility index (Phi) is 3.43. The molecule has 0 aromatic rings. The molecule has 1 N–H and O–H groups in total. The molecule has 1 aliphatic heterocycles. The van der Waals surface area contributed by atoms with Crippen molar-refractivity contribution >= 4 is 11.6 Å². The zero-order chi connectivity index (χ0) is 13.3. The van der Waals surface area contributed by atoms with Crippen molar-refractivity contribution in [1.82, 2.24) is 5.01 Å². The number of aliphatic hydroxyl groups is 1. The number of hydrogen-bond acceptors (Lipinski definition) is 4. The lowest BCUT2D eigenvalue weighted by molar-refractivity contribution is -0.302. The van der Waals surface area contributed by atoms with Crippen LogP contribution in [0.4, 0.5) is 13.2 Å². The molecule has 1 rings (SSSR count). The molecule has 1 heterocycles. The fourth-order valence-electron chi connectivity index (χ4n) is 1.44. The summed E-state index contributed by atoms with van der Waals surface area (Å²) in [6, 6.07) is 1.43. The lowest BCUT2D eigenvalue weighted by Crippen LogP contribution is -2.56. The van der Waals surface area contributed by atoms with Crippen LogP contribution in [0.3, 0.4) is 0 Å². The van der Waals surface area contributed by atoms with E-state index in [0.717, 1.165) is 0 Å². The Morgan fingerprint density at radius 2 is 2.29 bits per heavy atom. The molecular weight excluding hydrogens is 239 g/mol. The lowest BCUT2D eigenvalue weighted by Gasteiger charge is -2.32. The first-order valence-corrected chi connectivity index (χ1v) is 4.81. The maximum absolute atomic E-state index is 12.7. The van der Waals surface area contributed by atoms with Gasteiger partial charge in [-0.25, -0.2) is 0 Å². The van der Waals surface area contributed by atoms with Crippen molar-refractivity contribution in [3.8, 4) is 6.07 Å². The van der Waals surface area contributed by atoms with Gasteiger partial charge in [-0.2, -0.15) is 28.5 Å². The third-order valence-electron chi connectivity index (χ3n) is 2.37. The zero-order valence-electron chi connectivity index (χ0n) is 8.95. The van der Waals surface area contributed by atoms with E-state index < -0.39 is 30.7 Å². The predicted molar refractivity (Wildman–Crippen MR) is 50.4 cm³/mol. The molecule has 0 aromatic heterocycles. The maximum Gasteiger partial charge on any atom is 0.438 e. The van der Waals surface area contributed by atoms with Gasteiger partial charge in [-0.15, -0.1) is 0 Å². The fourth-order valence-corrected chi connectivity index (χ4v) is 1.44. The topological polar surface area (TPSA) is 76.7 Å². The van der Waals surface area contributed by atoms with E-state index in [2.05, 4.69) is 5.10 Å². The SMILES string of the molecule is CCC1=NN(C(=O)CC#N)[C@](O)(C(F)(F)F)C1. The van der Waals surface area contributed by atoms with Gasteiger partial charge in [-0.05, 0) is 6.42 Å². The number of amides is 1. The highest BCUT2D eigenvalue weighted by Crippen LogP contribution is 2.40. The number of hydrogen-bond donors (Lipinski definition) is 1. The molecule has 1 aliphatic rings. The molecule has 1 amide bonds. The van der Waals surface area contributed by atoms with Crippen molar-refractivity contribution in [3.05, 3.63) is 0 Å². The summed E-state index contributed by atoms with van der Waals surface area (Å²) in [6.07, 6.45) is -6.36. The standard InChI is InChI=1S/C9H10F3N3O2/c1-2-6-5-8(17,9(10,11)12)15(14-6)7(16)3-4-13/h17H,2-3,5H2,1H3/t8-/m1/s1. The number of halogens is 3. The van der Waals surface area contributed by atoms with Gasteiger partial charge in [-0.3, -0.25) is 4.79 Å². The Morgan fingerprint density at radius 1 is 1.71 bits per heavy atom. The molecule has 0 unspecified atom stereocenters. The molecule has 0 fully saturated rings. The normalized spacial score (nSPS) is 24.5. The second kappa shape index (κ2) is 4.33. The minimum atomic E-state index is -5.02. The van der Waals surface area contributed by atoms with Crippen LogP contribution in [0.2, 0.25) is 0 Å². The molecule has 0 spiro atoms. The van der Waals surface area contributed by atoms with Crippen LogP contribution in [0.5, 0.6) is 0 Å². The first-order valence-electron chi connectivity index (χ1n) is 4.81. The van der Waals surface area contributed by atoms with Gasteiger partial charge in [0.15, 0.2) is 0 Å². The summed E-state index contributed by atoms with van der Waals surface area (Å²) in [7, 11) is 0. The molecule has 94 valence electrons. The summed E-state index contributed by atoms with van der Waals surface area (Å²) >= 11 is 0. The summed E-state index contributed by atoms with van der Waals surface area (Å²) in [5.74, 6) is -1.17. The number of carbonyl (C=O) groups excluding carboxylic acids is 1. The molecule has 0 bridgehead atoms. The number of carbonyl (C=O) groups is 1. The fraction of sp³-hybridized carbons (Fsp3) is 0.667. The number of hydrazone groups is 1. The number of rotatable bonds is 2. The molecular formula is C9H10F3N3O2. The van der Waals surface area contributed by atoms with E-state index in [1.165, 1.54) is 6.07 Å². The Bertz CT molecular complexity index is 399. The van der Waals surface area contributed by atoms with Gasteiger partial charge < -0.3 is 5.11 Å². The van der Waals surface area contributed by atoms with Gasteiger partial charge in [-0.1, -0.05) is 6.92 Å². The van der Waals surface area contributed by atoms with Gasteiger partial charge in [0.25, 0.3) is 11.6 Å². The van der Waals surface area contributed by atoms with Crippen molar-refractivity contribution in [1.29, 1.82) is 5.26 Å². The van der Waals surface area contributed by atoms with E-state index in [-0.39, 0.29) is 17.1 Å². The molecule has 0 aromatic carbocycles. The van der Waals surface area contributed by atoms with E-state index in [1.54, 1.807) is 6.92 Å². The van der Waals surface area contributed by atoms with Crippen LogP contribution in [0, 0.1) is 11.3 Å². The van der Waals surface area contributed by atoms with Crippen LogP contribution in [-0.4, -0.2) is 33.6 Å². The average molecular weight is 249 g/mol. The highest BCUT2D eigenvalue weighted by atomic mass is 19.4. The number of nitrogens with zero attached hydrogens (tertiary/aromatic N) is 3. The van der Waals surface area contributed by atoms with Crippen molar-refractivity contribution in [2.75, 3.05) is 0 Å². The van der Waals surface area contributed by atoms with E-state index >= 15 is 0 Å². The Balaban J connectivity index is 3.09. The molecule has 0 saturated carbocycles. The predicted octanol–water partition coefficient (Wildman–Crippen LogP) is 1.15. The molecule has 0 radical (unpaired) electrons. The second-order valence-corrected chi connectivity index (χ2v) is 3.55. The quantitative estimate of drug-likeness (QED) is 0.797. The monoisotopic (exact) mass is 249 g/mol. The summed E-state index contributed by atoms with van der Waals surface area (Å²) in [5.41, 5.74) is -3.26. The summed E-state index contributed by atoms with van der Waals surface area (Å²) in [5, 5.41) is 21.2. The first-order chi connectivity index (χ1) is 7.76. The first kappa shape index (κ1) is 13.4. The highest BCUT2D eigenvalue weighted by Gasteiger charge is 2.62. The van der Waals surface area contributed by atoms with Crippen LogP contribution < -0.4 is 0 Å². The van der Waals surface area contributed by atoms with E-state index in [0.29, 0.717) is 0 Å². The minimum Gasteiger partial charge on any atom is -0.362 e. The molecule has 1 atom stereocenters. The van der Waals surface area contributed by atoms with Crippen molar-refractivity contribution in [2.24, 2.45) is 5.10 Å². The van der Waals surface area contributed by atoms with Gasteiger partial charge in [0.1, 0.15) is 6.42 Å². The average Bonchev–Trinajstić information content (AvgIpc) is 2.56. The molecule has 0 aliphatic carbocycles. The van der Waals surface area contributed by atoms with Gasteiger partial charge in [0, 0.05) is 12.1 Å². The zero-order valence-corrected chi connectivity index (χ0v) is 8.95. The van der Waals surface area contributed by atoms with E-state index in [9.17, 15) is 23.1 Å². The molecule has 5 nitrogen and oxygen atoms in total. The smallest absolute Gasteiger partial charge is 0.362 e. The van der Waals surface area contributed by atoms with Crippen LogP contribution in [0.15, 0.2) is 5.10 Å².